The second-order valence-corrected chi connectivity index (χ2v) is 5.63. The highest BCUT2D eigenvalue weighted by atomic mass is 19.1. The van der Waals surface area contributed by atoms with Gasteiger partial charge in [0.05, 0.1) is 7.11 Å². The number of halogens is 1. The Labute approximate surface area is 140 Å². The quantitative estimate of drug-likeness (QED) is 0.865. The van der Waals surface area contributed by atoms with Crippen molar-refractivity contribution in [2.75, 3.05) is 20.2 Å². The minimum atomic E-state index is -0.316. The molecule has 1 aromatic carbocycles. The van der Waals surface area contributed by atoms with Crippen molar-refractivity contribution in [2.24, 2.45) is 0 Å². The third-order valence-electron chi connectivity index (χ3n) is 4.02. The molecule has 1 amide bonds. The van der Waals surface area contributed by atoms with E-state index in [1.54, 1.807) is 35.4 Å². The highest BCUT2D eigenvalue weighted by Gasteiger charge is 2.26. The lowest BCUT2D eigenvalue weighted by Gasteiger charge is -2.32. The monoisotopic (exact) mass is 330 g/mol. The van der Waals surface area contributed by atoms with Gasteiger partial charge in [0.2, 0.25) is 5.88 Å². The maximum absolute atomic E-state index is 13.2. The summed E-state index contributed by atoms with van der Waals surface area (Å²) >= 11 is 0. The first kappa shape index (κ1) is 16.2. The average molecular weight is 330 g/mol. The number of hydrogen-bond donors (Lipinski definition) is 0. The third kappa shape index (κ3) is 3.64. The first-order valence-electron chi connectivity index (χ1n) is 7.88. The summed E-state index contributed by atoms with van der Waals surface area (Å²) in [4.78, 5) is 18.4. The summed E-state index contributed by atoms with van der Waals surface area (Å²) in [5, 5.41) is 0. The molecular weight excluding hydrogens is 311 g/mol. The van der Waals surface area contributed by atoms with Crippen LogP contribution in [-0.4, -0.2) is 42.1 Å². The maximum atomic E-state index is 13.2. The summed E-state index contributed by atoms with van der Waals surface area (Å²) in [6.45, 7) is 1.16. The van der Waals surface area contributed by atoms with Crippen LogP contribution in [0.4, 0.5) is 4.39 Å². The number of hydrogen-bond acceptors (Lipinski definition) is 4. The number of carbonyl (C=O) groups excluding carboxylic acids is 1. The van der Waals surface area contributed by atoms with Crippen LogP contribution in [0.15, 0.2) is 42.6 Å². The van der Waals surface area contributed by atoms with E-state index in [9.17, 15) is 9.18 Å². The van der Waals surface area contributed by atoms with Crippen LogP contribution in [0, 0.1) is 5.82 Å². The topological polar surface area (TPSA) is 51.7 Å². The fourth-order valence-corrected chi connectivity index (χ4v) is 2.80. The fourth-order valence-electron chi connectivity index (χ4n) is 2.80. The Kier molecular flexibility index (Phi) is 4.93. The normalized spacial score (nSPS) is 15.2. The molecule has 0 aliphatic carbocycles. The van der Waals surface area contributed by atoms with Gasteiger partial charge in [-0.3, -0.25) is 4.79 Å². The van der Waals surface area contributed by atoms with E-state index in [0.717, 1.165) is 0 Å². The SMILES string of the molecule is COc1ncccc1C(=O)N1CCC(Oc2cccc(F)c2)CC1. The number of amides is 1. The summed E-state index contributed by atoms with van der Waals surface area (Å²) in [5.74, 6) is 0.447. The Bertz CT molecular complexity index is 715. The van der Waals surface area contributed by atoms with Crippen molar-refractivity contribution in [3.63, 3.8) is 0 Å². The van der Waals surface area contributed by atoms with Crippen LogP contribution in [-0.2, 0) is 0 Å². The van der Waals surface area contributed by atoms with Crippen LogP contribution in [0.3, 0.4) is 0 Å². The largest absolute Gasteiger partial charge is 0.490 e. The number of aromatic nitrogens is 1. The summed E-state index contributed by atoms with van der Waals surface area (Å²) in [6.07, 6.45) is 2.97. The zero-order valence-corrected chi connectivity index (χ0v) is 13.4. The molecule has 1 aliphatic rings. The predicted octanol–water partition coefficient (Wildman–Crippen LogP) is 2.91. The number of piperidine rings is 1. The van der Waals surface area contributed by atoms with Crippen molar-refractivity contribution in [3.05, 3.63) is 54.0 Å². The van der Waals surface area contributed by atoms with Crippen LogP contribution in [0.2, 0.25) is 0 Å². The lowest BCUT2D eigenvalue weighted by atomic mass is 10.1. The molecule has 24 heavy (non-hydrogen) atoms. The van der Waals surface area contributed by atoms with Crippen molar-refractivity contribution in [2.45, 2.75) is 18.9 Å². The molecule has 1 saturated heterocycles. The molecule has 126 valence electrons. The second-order valence-electron chi connectivity index (χ2n) is 5.63. The first-order chi connectivity index (χ1) is 11.7. The molecule has 1 aliphatic heterocycles. The minimum Gasteiger partial charge on any atom is -0.490 e. The van der Waals surface area contributed by atoms with E-state index in [0.29, 0.717) is 43.1 Å². The summed E-state index contributed by atoms with van der Waals surface area (Å²) in [7, 11) is 1.50. The molecule has 0 spiro atoms. The van der Waals surface area contributed by atoms with Crippen LogP contribution in [0.25, 0.3) is 0 Å². The molecule has 6 heteroatoms. The molecule has 0 N–H and O–H groups in total. The molecule has 1 aromatic heterocycles. The molecule has 0 atom stereocenters. The number of likely N-dealkylation sites (tertiary alicyclic amines) is 1. The standard InChI is InChI=1S/C18H19FN2O3/c1-23-17-16(6-3-9-20-17)18(22)21-10-7-14(8-11-21)24-15-5-2-4-13(19)12-15/h2-6,9,12,14H,7-8,10-11H2,1H3. The molecule has 1 fully saturated rings. The van der Waals surface area contributed by atoms with Gasteiger partial charge in [-0.2, -0.15) is 0 Å². The number of ether oxygens (including phenoxy) is 2. The van der Waals surface area contributed by atoms with E-state index < -0.39 is 0 Å². The number of carbonyl (C=O) groups is 1. The summed E-state index contributed by atoms with van der Waals surface area (Å²) < 4.78 is 24.1. The zero-order chi connectivity index (χ0) is 16.9. The van der Waals surface area contributed by atoms with E-state index in [2.05, 4.69) is 4.98 Å². The number of benzene rings is 1. The number of nitrogens with zero attached hydrogens (tertiary/aromatic N) is 2. The van der Waals surface area contributed by atoms with Crippen LogP contribution < -0.4 is 9.47 Å². The summed E-state index contributed by atoms with van der Waals surface area (Å²) in [6, 6.07) is 9.55. The number of pyridine rings is 1. The third-order valence-corrected chi connectivity index (χ3v) is 4.02. The molecule has 3 rings (SSSR count). The number of methoxy groups -OCH3 is 1. The van der Waals surface area contributed by atoms with E-state index in [1.807, 2.05) is 0 Å². The first-order valence-corrected chi connectivity index (χ1v) is 7.88. The van der Waals surface area contributed by atoms with Crippen molar-refractivity contribution in [1.82, 2.24) is 9.88 Å². The molecule has 2 aromatic rings. The predicted molar refractivity (Wildman–Crippen MR) is 86.7 cm³/mol. The van der Waals surface area contributed by atoms with Crippen molar-refractivity contribution < 1.29 is 18.7 Å². The minimum absolute atomic E-state index is 0.0216. The van der Waals surface area contributed by atoms with Gasteiger partial charge in [0, 0.05) is 38.2 Å². The van der Waals surface area contributed by atoms with Gasteiger partial charge in [-0.15, -0.1) is 0 Å². The Balaban J connectivity index is 1.59. The smallest absolute Gasteiger partial charge is 0.259 e. The van der Waals surface area contributed by atoms with Gasteiger partial charge < -0.3 is 14.4 Å². The van der Waals surface area contributed by atoms with Gasteiger partial charge in [0.15, 0.2) is 0 Å². The van der Waals surface area contributed by atoms with Gasteiger partial charge in [-0.05, 0) is 24.3 Å². The van der Waals surface area contributed by atoms with Gasteiger partial charge in [-0.1, -0.05) is 6.07 Å². The maximum Gasteiger partial charge on any atom is 0.259 e. The Morgan fingerprint density at radius 2 is 2.04 bits per heavy atom. The van der Waals surface area contributed by atoms with Gasteiger partial charge in [0.1, 0.15) is 23.2 Å². The van der Waals surface area contributed by atoms with Gasteiger partial charge >= 0.3 is 0 Å². The lowest BCUT2D eigenvalue weighted by molar-refractivity contribution is 0.0591. The molecule has 0 bridgehead atoms. The molecule has 5 nitrogen and oxygen atoms in total. The highest BCUT2D eigenvalue weighted by Crippen LogP contribution is 2.22. The van der Waals surface area contributed by atoms with E-state index >= 15 is 0 Å². The Hall–Kier alpha value is -2.63. The zero-order valence-electron chi connectivity index (χ0n) is 13.4. The fraction of sp³-hybridized carbons (Fsp3) is 0.333. The van der Waals surface area contributed by atoms with E-state index in [1.165, 1.54) is 19.2 Å². The van der Waals surface area contributed by atoms with Gasteiger partial charge in [0.25, 0.3) is 5.91 Å². The van der Waals surface area contributed by atoms with E-state index in [4.69, 9.17) is 9.47 Å². The summed E-state index contributed by atoms with van der Waals surface area (Å²) in [5.41, 5.74) is 0.462. The molecule has 0 radical (unpaired) electrons. The number of rotatable bonds is 4. The van der Waals surface area contributed by atoms with Crippen molar-refractivity contribution in [3.8, 4) is 11.6 Å². The highest BCUT2D eigenvalue weighted by molar-refractivity contribution is 5.96. The van der Waals surface area contributed by atoms with E-state index in [-0.39, 0.29) is 17.8 Å². The lowest BCUT2D eigenvalue weighted by Crippen LogP contribution is -2.41. The molecule has 2 heterocycles. The molecular formula is C18H19FN2O3. The molecule has 0 unspecified atom stereocenters. The van der Waals surface area contributed by atoms with Crippen molar-refractivity contribution in [1.29, 1.82) is 0 Å². The molecule has 0 saturated carbocycles. The van der Waals surface area contributed by atoms with Crippen molar-refractivity contribution >= 4 is 5.91 Å². The van der Waals surface area contributed by atoms with Crippen LogP contribution in [0.5, 0.6) is 11.6 Å². The Morgan fingerprint density at radius 3 is 2.75 bits per heavy atom. The van der Waals surface area contributed by atoms with Crippen LogP contribution in [0.1, 0.15) is 23.2 Å². The van der Waals surface area contributed by atoms with Gasteiger partial charge in [-0.25, -0.2) is 9.37 Å². The Morgan fingerprint density at radius 1 is 1.25 bits per heavy atom. The van der Waals surface area contributed by atoms with Crippen LogP contribution >= 0.6 is 0 Å². The average Bonchev–Trinajstić information content (AvgIpc) is 2.62. The second kappa shape index (κ2) is 7.29.